The molecule has 0 aliphatic carbocycles. The minimum Gasteiger partial charge on any atom is -0.384 e. The van der Waals surface area contributed by atoms with Gasteiger partial charge in [-0.25, -0.2) is 4.68 Å². The summed E-state index contributed by atoms with van der Waals surface area (Å²) < 4.78 is 1.45. The normalized spacial score (nSPS) is 10.1. The summed E-state index contributed by atoms with van der Waals surface area (Å²) in [5, 5.41) is 11.5. The van der Waals surface area contributed by atoms with Crippen molar-refractivity contribution in [2.24, 2.45) is 0 Å². The molecule has 2 aromatic rings. The van der Waals surface area contributed by atoms with Gasteiger partial charge in [-0.05, 0) is 24.6 Å². The van der Waals surface area contributed by atoms with Crippen molar-refractivity contribution in [1.82, 2.24) is 9.78 Å². The molecule has 3 N–H and O–H groups in total. The SMILES string of the molecule is Cc1c(N)[nH]n(Cc2ccc(C#N)cc2)c1=O. The van der Waals surface area contributed by atoms with Crippen LogP contribution in [-0.4, -0.2) is 9.78 Å². The number of rotatable bonds is 2. The molecular weight excluding hydrogens is 216 g/mol. The van der Waals surface area contributed by atoms with Crippen molar-refractivity contribution >= 4 is 5.82 Å². The van der Waals surface area contributed by atoms with Gasteiger partial charge >= 0.3 is 0 Å². The summed E-state index contributed by atoms with van der Waals surface area (Å²) >= 11 is 0. The second kappa shape index (κ2) is 4.18. The summed E-state index contributed by atoms with van der Waals surface area (Å²) in [7, 11) is 0. The van der Waals surface area contributed by atoms with Crippen molar-refractivity contribution in [1.29, 1.82) is 5.26 Å². The fraction of sp³-hybridized carbons (Fsp3) is 0.167. The van der Waals surface area contributed by atoms with E-state index in [9.17, 15) is 4.79 Å². The molecule has 0 radical (unpaired) electrons. The molecule has 2 rings (SSSR count). The first-order chi connectivity index (χ1) is 8.11. The maximum Gasteiger partial charge on any atom is 0.271 e. The zero-order valence-electron chi connectivity index (χ0n) is 9.40. The van der Waals surface area contributed by atoms with Crippen LogP contribution < -0.4 is 11.3 Å². The third kappa shape index (κ3) is 2.06. The summed E-state index contributed by atoms with van der Waals surface area (Å²) in [5.41, 5.74) is 7.57. The average Bonchev–Trinajstić information content (AvgIpc) is 2.58. The van der Waals surface area contributed by atoms with Gasteiger partial charge in [0.05, 0.1) is 23.7 Å². The zero-order valence-corrected chi connectivity index (χ0v) is 9.40. The van der Waals surface area contributed by atoms with Crippen molar-refractivity contribution < 1.29 is 0 Å². The second-order valence-electron chi connectivity index (χ2n) is 3.85. The lowest BCUT2D eigenvalue weighted by Crippen LogP contribution is -2.18. The highest BCUT2D eigenvalue weighted by atomic mass is 16.1. The Kier molecular flexibility index (Phi) is 2.71. The van der Waals surface area contributed by atoms with Crippen LogP contribution in [0.5, 0.6) is 0 Å². The van der Waals surface area contributed by atoms with Crippen LogP contribution >= 0.6 is 0 Å². The molecule has 17 heavy (non-hydrogen) atoms. The van der Waals surface area contributed by atoms with E-state index in [1.807, 2.05) is 18.2 Å². The van der Waals surface area contributed by atoms with Crippen LogP contribution in [0, 0.1) is 18.3 Å². The molecule has 0 amide bonds. The van der Waals surface area contributed by atoms with E-state index in [0.29, 0.717) is 23.5 Å². The van der Waals surface area contributed by atoms with Gasteiger partial charge in [-0.1, -0.05) is 12.1 Å². The topological polar surface area (TPSA) is 87.6 Å². The number of hydrogen-bond acceptors (Lipinski definition) is 3. The fourth-order valence-electron chi connectivity index (χ4n) is 1.58. The van der Waals surface area contributed by atoms with E-state index >= 15 is 0 Å². The lowest BCUT2D eigenvalue weighted by molar-refractivity contribution is 0.665. The minimum absolute atomic E-state index is 0.119. The largest absolute Gasteiger partial charge is 0.384 e. The number of nitrogen functional groups attached to an aromatic ring is 1. The molecule has 1 aromatic heterocycles. The van der Waals surface area contributed by atoms with Crippen molar-refractivity contribution in [2.75, 3.05) is 5.73 Å². The number of H-pyrrole nitrogens is 1. The molecule has 1 aromatic carbocycles. The van der Waals surface area contributed by atoms with E-state index in [-0.39, 0.29) is 5.56 Å². The van der Waals surface area contributed by atoms with Crippen LogP contribution in [0.1, 0.15) is 16.7 Å². The predicted octanol–water partition coefficient (Wildman–Crippen LogP) is 0.987. The summed E-state index contributed by atoms with van der Waals surface area (Å²) in [4.78, 5) is 11.7. The van der Waals surface area contributed by atoms with E-state index in [1.165, 1.54) is 4.68 Å². The first-order valence-corrected chi connectivity index (χ1v) is 5.15. The van der Waals surface area contributed by atoms with E-state index < -0.39 is 0 Å². The van der Waals surface area contributed by atoms with Gasteiger partial charge in [-0.3, -0.25) is 9.89 Å². The van der Waals surface area contributed by atoms with Gasteiger partial charge in [-0.2, -0.15) is 5.26 Å². The van der Waals surface area contributed by atoms with Crippen LogP contribution in [0.4, 0.5) is 5.82 Å². The summed E-state index contributed by atoms with van der Waals surface area (Å²) in [5.74, 6) is 0.392. The van der Waals surface area contributed by atoms with Gasteiger partial charge < -0.3 is 5.73 Å². The second-order valence-corrected chi connectivity index (χ2v) is 3.85. The number of hydrogen-bond donors (Lipinski definition) is 2. The van der Waals surface area contributed by atoms with Crippen molar-refractivity contribution in [2.45, 2.75) is 13.5 Å². The lowest BCUT2D eigenvalue weighted by atomic mass is 10.1. The predicted molar refractivity (Wildman–Crippen MR) is 64.5 cm³/mol. The first-order valence-electron chi connectivity index (χ1n) is 5.15. The molecule has 1 heterocycles. The number of nitrogens with one attached hydrogen (secondary N) is 1. The number of anilines is 1. The van der Waals surface area contributed by atoms with Crippen molar-refractivity contribution in [3.05, 3.63) is 51.3 Å². The molecule has 0 fully saturated rings. The number of benzene rings is 1. The third-order valence-corrected chi connectivity index (χ3v) is 2.65. The quantitative estimate of drug-likeness (QED) is 0.803. The van der Waals surface area contributed by atoms with Crippen LogP contribution in [0.15, 0.2) is 29.1 Å². The van der Waals surface area contributed by atoms with E-state index in [1.54, 1.807) is 19.1 Å². The molecule has 5 nitrogen and oxygen atoms in total. The third-order valence-electron chi connectivity index (χ3n) is 2.65. The highest BCUT2D eigenvalue weighted by Crippen LogP contribution is 2.06. The Morgan fingerprint density at radius 2 is 2.06 bits per heavy atom. The fourth-order valence-corrected chi connectivity index (χ4v) is 1.58. The molecule has 5 heteroatoms. The van der Waals surface area contributed by atoms with Gasteiger partial charge in [0.1, 0.15) is 5.82 Å². The maximum absolute atomic E-state index is 11.7. The lowest BCUT2D eigenvalue weighted by Gasteiger charge is -2.01. The van der Waals surface area contributed by atoms with Gasteiger partial charge in [0.25, 0.3) is 5.56 Å². The van der Waals surface area contributed by atoms with Crippen LogP contribution in [0.2, 0.25) is 0 Å². The Bertz CT molecular complexity index is 628. The van der Waals surface area contributed by atoms with Gasteiger partial charge in [0.2, 0.25) is 0 Å². The Labute approximate surface area is 98.1 Å². The van der Waals surface area contributed by atoms with Crippen LogP contribution in [-0.2, 0) is 6.54 Å². The molecule has 0 aliphatic heterocycles. The first kappa shape index (κ1) is 11.0. The maximum atomic E-state index is 11.7. The number of nitrogens with zero attached hydrogens (tertiary/aromatic N) is 2. The highest BCUT2D eigenvalue weighted by Gasteiger charge is 2.07. The average molecular weight is 228 g/mol. The van der Waals surface area contributed by atoms with Crippen LogP contribution in [0.25, 0.3) is 0 Å². The number of aromatic amines is 1. The van der Waals surface area contributed by atoms with Crippen LogP contribution in [0.3, 0.4) is 0 Å². The number of aromatic nitrogens is 2. The molecule has 0 saturated heterocycles. The number of nitrogens with two attached hydrogens (primary N) is 1. The minimum atomic E-state index is -0.119. The van der Waals surface area contributed by atoms with Crippen molar-refractivity contribution in [3.63, 3.8) is 0 Å². The van der Waals surface area contributed by atoms with Gasteiger partial charge in [0, 0.05) is 0 Å². The smallest absolute Gasteiger partial charge is 0.271 e. The van der Waals surface area contributed by atoms with E-state index in [0.717, 1.165) is 5.56 Å². The molecule has 0 saturated carbocycles. The molecule has 0 unspecified atom stereocenters. The monoisotopic (exact) mass is 228 g/mol. The van der Waals surface area contributed by atoms with Crippen molar-refractivity contribution in [3.8, 4) is 6.07 Å². The van der Waals surface area contributed by atoms with E-state index in [2.05, 4.69) is 5.10 Å². The zero-order chi connectivity index (χ0) is 12.4. The molecule has 86 valence electrons. The molecular formula is C12H12N4O. The Morgan fingerprint density at radius 3 is 2.53 bits per heavy atom. The Morgan fingerprint density at radius 1 is 1.41 bits per heavy atom. The summed E-state index contributed by atoms with van der Waals surface area (Å²) in [6.07, 6.45) is 0. The molecule has 0 aliphatic rings. The summed E-state index contributed by atoms with van der Waals surface area (Å²) in [6.45, 7) is 2.10. The standard InChI is InChI=1S/C12H12N4O/c1-8-11(14)15-16(12(8)17)7-10-4-2-9(6-13)3-5-10/h2-5,15H,7,14H2,1H3. The Hall–Kier alpha value is -2.48. The summed E-state index contributed by atoms with van der Waals surface area (Å²) in [6, 6.07) is 9.12. The van der Waals surface area contributed by atoms with E-state index in [4.69, 9.17) is 11.0 Å². The van der Waals surface area contributed by atoms with Gasteiger partial charge in [-0.15, -0.1) is 0 Å². The molecule has 0 atom stereocenters. The number of nitriles is 1. The molecule has 0 spiro atoms. The molecule has 0 bridgehead atoms. The Balaban J connectivity index is 2.29. The van der Waals surface area contributed by atoms with Gasteiger partial charge in [0.15, 0.2) is 0 Å². The highest BCUT2D eigenvalue weighted by molar-refractivity contribution is 5.36.